The molecule has 0 saturated carbocycles. The minimum Gasteiger partial charge on any atom is -0.365 e. The molecule has 0 unspecified atom stereocenters. The summed E-state index contributed by atoms with van der Waals surface area (Å²) in [5, 5.41) is 8.98. The second-order valence-corrected chi connectivity index (χ2v) is 6.51. The summed E-state index contributed by atoms with van der Waals surface area (Å²) in [5.74, 6) is 0.806. The Morgan fingerprint density at radius 3 is 2.70 bits per heavy atom. The maximum absolute atomic E-state index is 8.98. The smallest absolute Gasteiger partial charge is 0.0966 e. The van der Waals surface area contributed by atoms with Gasteiger partial charge in [0.05, 0.1) is 18.8 Å². The standard InChI is InChI=1S/C20H24N3/c21-15-20-7-4-11-22(17-20)12-8-18-9-13-23(14-10-18)16-19-5-2-1-3-6-19/h1-7,18H,8-10,12-14,16-17H2. The lowest BCUT2D eigenvalue weighted by Gasteiger charge is -2.33. The Bertz CT molecular complexity index is 589. The molecular formula is C20H24N3. The van der Waals surface area contributed by atoms with Gasteiger partial charge in [0.15, 0.2) is 0 Å². The van der Waals surface area contributed by atoms with Crippen molar-refractivity contribution in [3.05, 3.63) is 59.8 Å². The summed E-state index contributed by atoms with van der Waals surface area (Å²) in [5.41, 5.74) is 2.25. The van der Waals surface area contributed by atoms with Crippen molar-refractivity contribution in [1.82, 2.24) is 9.80 Å². The van der Waals surface area contributed by atoms with Crippen LogP contribution in [0.4, 0.5) is 0 Å². The van der Waals surface area contributed by atoms with E-state index in [0.717, 1.165) is 31.1 Å². The van der Waals surface area contributed by atoms with Crippen molar-refractivity contribution in [3.63, 3.8) is 0 Å². The molecule has 0 bridgehead atoms. The number of allylic oxidation sites excluding steroid dienone is 2. The van der Waals surface area contributed by atoms with Crippen LogP contribution < -0.4 is 0 Å². The van der Waals surface area contributed by atoms with Crippen LogP contribution in [0, 0.1) is 23.4 Å². The van der Waals surface area contributed by atoms with E-state index in [4.69, 9.17) is 5.26 Å². The summed E-state index contributed by atoms with van der Waals surface area (Å²) >= 11 is 0. The van der Waals surface area contributed by atoms with Crippen molar-refractivity contribution in [2.24, 2.45) is 5.92 Å². The Hall–Kier alpha value is -2.05. The van der Waals surface area contributed by atoms with Gasteiger partial charge in [0.25, 0.3) is 0 Å². The molecule has 0 amide bonds. The van der Waals surface area contributed by atoms with Crippen molar-refractivity contribution in [2.45, 2.75) is 25.8 Å². The van der Waals surface area contributed by atoms with Crippen LogP contribution in [0.5, 0.6) is 0 Å². The van der Waals surface area contributed by atoms with Crippen LogP contribution in [-0.2, 0) is 6.54 Å². The number of hydrogen-bond donors (Lipinski definition) is 0. The molecule has 1 aromatic carbocycles. The van der Waals surface area contributed by atoms with Crippen molar-refractivity contribution in [2.75, 3.05) is 26.2 Å². The Morgan fingerprint density at radius 2 is 1.96 bits per heavy atom. The molecule has 3 rings (SSSR count). The minimum absolute atomic E-state index is 0.722. The van der Waals surface area contributed by atoms with E-state index in [2.05, 4.69) is 52.4 Å². The summed E-state index contributed by atoms with van der Waals surface area (Å²) in [6.45, 7) is 5.20. The third-order valence-electron chi connectivity index (χ3n) is 4.81. The van der Waals surface area contributed by atoms with Crippen LogP contribution in [-0.4, -0.2) is 36.0 Å². The van der Waals surface area contributed by atoms with E-state index in [1.54, 1.807) is 0 Å². The Balaban J connectivity index is 1.37. The molecule has 2 aliphatic heterocycles. The van der Waals surface area contributed by atoms with Gasteiger partial charge in [-0.15, -0.1) is 0 Å². The monoisotopic (exact) mass is 306 g/mol. The zero-order valence-corrected chi connectivity index (χ0v) is 13.6. The fourth-order valence-electron chi connectivity index (χ4n) is 3.38. The number of nitrogens with zero attached hydrogens (tertiary/aromatic N) is 3. The first-order chi connectivity index (χ1) is 11.3. The van der Waals surface area contributed by atoms with E-state index < -0.39 is 0 Å². The molecule has 119 valence electrons. The van der Waals surface area contributed by atoms with Gasteiger partial charge in [-0.2, -0.15) is 5.26 Å². The highest BCUT2D eigenvalue weighted by Crippen LogP contribution is 2.22. The average Bonchev–Trinajstić information content (AvgIpc) is 2.62. The molecule has 2 aliphatic rings. The van der Waals surface area contributed by atoms with Gasteiger partial charge in [-0.25, -0.2) is 0 Å². The molecule has 3 heteroatoms. The summed E-state index contributed by atoms with van der Waals surface area (Å²) in [4.78, 5) is 4.71. The molecule has 23 heavy (non-hydrogen) atoms. The second-order valence-electron chi connectivity index (χ2n) is 6.51. The zero-order valence-electron chi connectivity index (χ0n) is 13.6. The van der Waals surface area contributed by atoms with E-state index >= 15 is 0 Å². The third-order valence-corrected chi connectivity index (χ3v) is 4.81. The molecule has 0 aliphatic carbocycles. The molecule has 3 nitrogen and oxygen atoms in total. The van der Waals surface area contributed by atoms with Crippen LogP contribution in [0.2, 0.25) is 0 Å². The lowest BCUT2D eigenvalue weighted by Crippen LogP contribution is -2.34. The van der Waals surface area contributed by atoms with Crippen LogP contribution >= 0.6 is 0 Å². The molecule has 1 aromatic rings. The Kier molecular flexibility index (Phi) is 5.50. The normalized spacial score (nSPS) is 19.4. The second kappa shape index (κ2) is 7.99. The number of nitriles is 1. The van der Waals surface area contributed by atoms with Crippen LogP contribution in [0.3, 0.4) is 0 Å². The van der Waals surface area contributed by atoms with Gasteiger partial charge >= 0.3 is 0 Å². The van der Waals surface area contributed by atoms with E-state index in [9.17, 15) is 0 Å². The van der Waals surface area contributed by atoms with Gasteiger partial charge in [0, 0.05) is 18.7 Å². The van der Waals surface area contributed by atoms with E-state index in [1.807, 2.05) is 12.2 Å². The van der Waals surface area contributed by atoms with Gasteiger partial charge in [-0.3, -0.25) is 4.90 Å². The molecular weight excluding hydrogens is 282 g/mol. The quantitative estimate of drug-likeness (QED) is 0.835. The largest absolute Gasteiger partial charge is 0.365 e. The highest BCUT2D eigenvalue weighted by molar-refractivity contribution is 5.28. The number of piperidine rings is 1. The first-order valence-electron chi connectivity index (χ1n) is 8.53. The maximum atomic E-state index is 8.98. The molecule has 1 radical (unpaired) electrons. The van der Waals surface area contributed by atoms with Gasteiger partial charge in [0.1, 0.15) is 0 Å². The molecule has 1 fully saturated rings. The number of likely N-dealkylation sites (tertiary alicyclic amines) is 1. The zero-order chi connectivity index (χ0) is 15.9. The maximum Gasteiger partial charge on any atom is 0.0966 e. The SMILES string of the molecule is N#CC1=CC=[C]N(CCC2CCN(Cc3ccccc3)CC2)C1. The predicted octanol–water partition coefficient (Wildman–Crippen LogP) is 3.37. The third kappa shape index (κ3) is 4.71. The summed E-state index contributed by atoms with van der Waals surface area (Å²) in [7, 11) is 0. The van der Waals surface area contributed by atoms with Crippen LogP contribution in [0.25, 0.3) is 0 Å². The molecule has 0 aromatic heterocycles. The van der Waals surface area contributed by atoms with Crippen molar-refractivity contribution in [3.8, 4) is 6.07 Å². The Morgan fingerprint density at radius 1 is 1.17 bits per heavy atom. The van der Waals surface area contributed by atoms with E-state index in [-0.39, 0.29) is 0 Å². The van der Waals surface area contributed by atoms with Crippen molar-refractivity contribution < 1.29 is 0 Å². The highest BCUT2D eigenvalue weighted by atomic mass is 15.1. The molecule has 2 heterocycles. The Labute approximate surface area is 139 Å². The van der Waals surface area contributed by atoms with Gasteiger partial charge in [-0.1, -0.05) is 30.3 Å². The van der Waals surface area contributed by atoms with Gasteiger partial charge in [0.2, 0.25) is 0 Å². The topological polar surface area (TPSA) is 30.3 Å². The van der Waals surface area contributed by atoms with Crippen molar-refractivity contribution in [1.29, 1.82) is 5.26 Å². The first kappa shape index (κ1) is 15.8. The van der Waals surface area contributed by atoms with Gasteiger partial charge < -0.3 is 4.90 Å². The molecule has 0 spiro atoms. The van der Waals surface area contributed by atoms with Gasteiger partial charge in [-0.05, 0) is 56.0 Å². The number of rotatable bonds is 5. The molecule has 0 N–H and O–H groups in total. The van der Waals surface area contributed by atoms with E-state index in [0.29, 0.717) is 0 Å². The fourth-order valence-corrected chi connectivity index (χ4v) is 3.38. The van der Waals surface area contributed by atoms with E-state index in [1.165, 1.54) is 37.9 Å². The van der Waals surface area contributed by atoms with Crippen LogP contribution in [0.15, 0.2) is 48.1 Å². The fraction of sp³-hybridized carbons (Fsp3) is 0.450. The predicted molar refractivity (Wildman–Crippen MR) is 92.1 cm³/mol. The molecule has 0 atom stereocenters. The summed E-state index contributed by atoms with van der Waals surface area (Å²) in [6, 6.07) is 13.0. The number of benzene rings is 1. The average molecular weight is 306 g/mol. The van der Waals surface area contributed by atoms with Crippen LogP contribution in [0.1, 0.15) is 24.8 Å². The number of hydrogen-bond acceptors (Lipinski definition) is 3. The minimum atomic E-state index is 0.722. The lowest BCUT2D eigenvalue weighted by molar-refractivity contribution is 0.165. The molecule has 1 saturated heterocycles. The first-order valence-corrected chi connectivity index (χ1v) is 8.53. The summed E-state index contributed by atoms with van der Waals surface area (Å²) < 4.78 is 0. The lowest BCUT2D eigenvalue weighted by atomic mass is 9.93. The van der Waals surface area contributed by atoms with Crippen molar-refractivity contribution >= 4 is 0 Å². The highest BCUT2D eigenvalue weighted by Gasteiger charge is 2.20. The summed E-state index contributed by atoms with van der Waals surface area (Å²) in [6.07, 6.45) is 10.7.